The van der Waals surface area contributed by atoms with Gasteiger partial charge in [0, 0.05) is 35.7 Å². The third kappa shape index (κ3) is 5.63. The number of hydrogen-bond donors (Lipinski definition) is 1. The molecule has 9 heteroatoms. The van der Waals surface area contributed by atoms with Crippen LogP contribution in [0.5, 0.6) is 0 Å². The van der Waals surface area contributed by atoms with Gasteiger partial charge in [0.25, 0.3) is 0 Å². The van der Waals surface area contributed by atoms with Gasteiger partial charge in [-0.3, -0.25) is 9.69 Å². The Labute approximate surface area is 183 Å². The minimum Gasteiger partial charge on any atom is -0.379 e. The molecule has 0 spiro atoms. The average molecular weight is 459 g/mol. The van der Waals surface area contributed by atoms with Crippen molar-refractivity contribution < 1.29 is 9.53 Å². The van der Waals surface area contributed by atoms with Gasteiger partial charge in [-0.2, -0.15) is 0 Å². The molecule has 2 saturated heterocycles. The van der Waals surface area contributed by atoms with Crippen molar-refractivity contribution in [1.82, 2.24) is 9.80 Å². The molecule has 154 valence electrons. The van der Waals surface area contributed by atoms with Crippen molar-refractivity contribution in [2.75, 3.05) is 39.4 Å². The van der Waals surface area contributed by atoms with Gasteiger partial charge in [-0.05, 0) is 43.5 Å². The topological polar surface area (TPSA) is 58.8 Å². The summed E-state index contributed by atoms with van der Waals surface area (Å²) in [6.07, 6.45) is 0.951. The third-order valence-corrected chi connectivity index (χ3v) is 5.74. The molecule has 0 aliphatic carbocycles. The van der Waals surface area contributed by atoms with E-state index >= 15 is 0 Å². The van der Waals surface area contributed by atoms with Crippen molar-refractivity contribution in [3.05, 3.63) is 33.8 Å². The van der Waals surface area contributed by atoms with Crippen LogP contribution in [0.2, 0.25) is 10.0 Å². The number of carbonyl (C=O) groups excluding carboxylic acids is 1. The van der Waals surface area contributed by atoms with E-state index in [4.69, 9.17) is 33.7 Å². The van der Waals surface area contributed by atoms with Crippen molar-refractivity contribution in [2.45, 2.75) is 25.4 Å². The molecule has 2 aliphatic rings. The lowest BCUT2D eigenvalue weighted by molar-refractivity contribution is -0.139. The van der Waals surface area contributed by atoms with Gasteiger partial charge in [-0.1, -0.05) is 29.3 Å². The predicted molar refractivity (Wildman–Crippen MR) is 114 cm³/mol. The lowest BCUT2D eigenvalue weighted by Gasteiger charge is -2.37. The number of nitrogens with two attached hydrogens (primary N) is 1. The summed E-state index contributed by atoms with van der Waals surface area (Å²) in [7, 11) is 0. The number of halogens is 4. The Morgan fingerprint density at radius 3 is 2.52 bits per heavy atom. The fourth-order valence-electron chi connectivity index (χ4n) is 3.82. The number of benzene rings is 1. The van der Waals surface area contributed by atoms with Crippen LogP contribution in [-0.2, 0) is 9.53 Å². The molecule has 3 unspecified atom stereocenters. The second-order valence-corrected chi connectivity index (χ2v) is 7.74. The number of ether oxygens (including phenoxy) is 1. The van der Waals surface area contributed by atoms with E-state index in [2.05, 4.69) is 11.8 Å². The zero-order valence-electron chi connectivity index (χ0n) is 15.3. The van der Waals surface area contributed by atoms with Crippen LogP contribution in [0, 0.1) is 5.92 Å². The third-order valence-electron chi connectivity index (χ3n) is 5.18. The highest BCUT2D eigenvalue weighted by Gasteiger charge is 2.39. The molecule has 0 saturated carbocycles. The molecule has 2 aliphatic heterocycles. The van der Waals surface area contributed by atoms with E-state index in [1.165, 1.54) is 0 Å². The van der Waals surface area contributed by atoms with Crippen molar-refractivity contribution >= 4 is 53.9 Å². The molecule has 1 aromatic rings. The van der Waals surface area contributed by atoms with Crippen molar-refractivity contribution in [3.8, 4) is 0 Å². The maximum absolute atomic E-state index is 13.5. The quantitative estimate of drug-likeness (QED) is 0.750. The van der Waals surface area contributed by atoms with Gasteiger partial charge in [0.2, 0.25) is 5.91 Å². The zero-order chi connectivity index (χ0) is 18.0. The largest absolute Gasteiger partial charge is 0.379 e. The van der Waals surface area contributed by atoms with Gasteiger partial charge in [-0.25, -0.2) is 0 Å². The van der Waals surface area contributed by atoms with E-state index in [0.29, 0.717) is 55.4 Å². The van der Waals surface area contributed by atoms with Crippen LogP contribution in [0.25, 0.3) is 0 Å². The van der Waals surface area contributed by atoms with E-state index < -0.39 is 6.04 Å². The highest BCUT2D eigenvalue weighted by atomic mass is 35.5. The summed E-state index contributed by atoms with van der Waals surface area (Å²) in [6, 6.07) is 5.14. The van der Waals surface area contributed by atoms with E-state index in [9.17, 15) is 4.79 Å². The summed E-state index contributed by atoms with van der Waals surface area (Å²) in [6.45, 7) is 6.07. The smallest absolute Gasteiger partial charge is 0.244 e. The second-order valence-electron chi connectivity index (χ2n) is 6.89. The van der Waals surface area contributed by atoms with E-state index in [-0.39, 0.29) is 36.8 Å². The first-order valence-corrected chi connectivity index (χ1v) is 9.54. The molecular weight excluding hydrogens is 432 g/mol. The van der Waals surface area contributed by atoms with Crippen LogP contribution in [0.1, 0.15) is 24.9 Å². The number of amides is 1. The number of likely N-dealkylation sites (tertiary alicyclic amines) is 1. The fourth-order valence-corrected chi connectivity index (χ4v) is 4.33. The van der Waals surface area contributed by atoms with Crippen LogP contribution in [0.4, 0.5) is 0 Å². The number of carbonyl (C=O) groups is 1. The maximum Gasteiger partial charge on any atom is 0.244 e. The lowest BCUT2D eigenvalue weighted by atomic mass is 10.0. The maximum atomic E-state index is 13.5. The first kappa shape index (κ1) is 24.8. The van der Waals surface area contributed by atoms with Crippen LogP contribution >= 0.6 is 48.0 Å². The molecule has 1 amide bonds. The van der Waals surface area contributed by atoms with Gasteiger partial charge in [0.1, 0.15) is 6.04 Å². The van der Waals surface area contributed by atoms with Gasteiger partial charge in [0.05, 0.1) is 13.2 Å². The standard InChI is InChI=1S/C18H25Cl2N3O2.2ClH/c1-12-8-13(10-21)11-23(12)18(24)17(22-4-6-25-7-5-22)15-3-2-14(19)9-16(15)20;;/h2-3,9,12-13,17H,4-8,10-11,21H2,1H3;2*1H. The van der Waals surface area contributed by atoms with Crippen molar-refractivity contribution in [1.29, 1.82) is 0 Å². The summed E-state index contributed by atoms with van der Waals surface area (Å²) < 4.78 is 5.46. The van der Waals surface area contributed by atoms with E-state index in [1.54, 1.807) is 12.1 Å². The zero-order valence-corrected chi connectivity index (χ0v) is 18.4. The summed E-state index contributed by atoms with van der Waals surface area (Å²) >= 11 is 12.5. The van der Waals surface area contributed by atoms with Crippen molar-refractivity contribution in [3.63, 3.8) is 0 Å². The molecule has 5 nitrogen and oxygen atoms in total. The molecule has 3 atom stereocenters. The summed E-state index contributed by atoms with van der Waals surface area (Å²) in [4.78, 5) is 17.6. The summed E-state index contributed by atoms with van der Waals surface area (Å²) in [5.74, 6) is 0.458. The highest BCUT2D eigenvalue weighted by molar-refractivity contribution is 6.35. The van der Waals surface area contributed by atoms with Gasteiger partial charge in [-0.15, -0.1) is 24.8 Å². The van der Waals surface area contributed by atoms with Gasteiger partial charge < -0.3 is 15.4 Å². The first-order chi connectivity index (χ1) is 12.0. The molecule has 2 heterocycles. The minimum atomic E-state index is -0.410. The Balaban J connectivity index is 0.00000182. The molecule has 0 bridgehead atoms. The molecule has 0 radical (unpaired) electrons. The van der Waals surface area contributed by atoms with Gasteiger partial charge >= 0.3 is 0 Å². The number of morpholine rings is 1. The lowest BCUT2D eigenvalue weighted by Crippen LogP contribution is -2.48. The van der Waals surface area contributed by atoms with Crippen molar-refractivity contribution in [2.24, 2.45) is 11.7 Å². The van der Waals surface area contributed by atoms with Crippen LogP contribution in [0.15, 0.2) is 18.2 Å². The Morgan fingerprint density at radius 1 is 1.30 bits per heavy atom. The van der Waals surface area contributed by atoms with Gasteiger partial charge in [0.15, 0.2) is 0 Å². The molecule has 27 heavy (non-hydrogen) atoms. The van der Waals surface area contributed by atoms with Crippen LogP contribution < -0.4 is 5.73 Å². The fraction of sp³-hybridized carbons (Fsp3) is 0.611. The second kappa shape index (κ2) is 11.1. The number of hydrogen-bond acceptors (Lipinski definition) is 4. The molecule has 0 aromatic heterocycles. The Bertz CT molecular complexity index is 629. The van der Waals surface area contributed by atoms with Crippen LogP contribution in [-0.4, -0.2) is 61.1 Å². The number of rotatable bonds is 4. The SMILES string of the molecule is CC1CC(CN)CN1C(=O)C(c1ccc(Cl)cc1Cl)N1CCOCC1.Cl.Cl. The average Bonchev–Trinajstić information content (AvgIpc) is 2.99. The van der Waals surface area contributed by atoms with Crippen LogP contribution in [0.3, 0.4) is 0 Å². The molecule has 1 aromatic carbocycles. The summed E-state index contributed by atoms with van der Waals surface area (Å²) in [5.41, 5.74) is 6.64. The molecule has 2 N–H and O–H groups in total. The first-order valence-electron chi connectivity index (χ1n) is 8.78. The molecular formula is C18H27Cl4N3O2. The monoisotopic (exact) mass is 457 g/mol. The number of nitrogens with zero attached hydrogens (tertiary/aromatic N) is 2. The Kier molecular flexibility index (Phi) is 10.1. The molecule has 2 fully saturated rings. The predicted octanol–water partition coefficient (Wildman–Crippen LogP) is 3.41. The Hall–Kier alpha value is -0.270. The van der Waals surface area contributed by atoms with E-state index in [0.717, 1.165) is 12.0 Å². The minimum absolute atomic E-state index is 0. The highest BCUT2D eigenvalue weighted by Crippen LogP contribution is 2.34. The van der Waals surface area contributed by atoms with E-state index in [1.807, 2.05) is 11.0 Å². The summed E-state index contributed by atoms with van der Waals surface area (Å²) in [5, 5.41) is 1.10. The Morgan fingerprint density at radius 2 is 1.96 bits per heavy atom. The molecule has 3 rings (SSSR count). The normalized spacial score (nSPS) is 24.1.